The third kappa shape index (κ3) is 4.37. The highest BCUT2D eigenvalue weighted by molar-refractivity contribution is 5.82. The predicted octanol–water partition coefficient (Wildman–Crippen LogP) is 5.59. The zero-order chi connectivity index (χ0) is 19.5. The first-order chi connectivity index (χ1) is 13.6. The van der Waals surface area contributed by atoms with Gasteiger partial charge in [0.05, 0.1) is 6.04 Å². The van der Waals surface area contributed by atoms with E-state index < -0.39 is 0 Å². The zero-order valence-corrected chi connectivity index (χ0v) is 16.3. The molecule has 4 heteroatoms. The first-order valence-electron chi connectivity index (χ1n) is 10.5. The van der Waals surface area contributed by atoms with Crippen molar-refractivity contribution in [3.8, 4) is 0 Å². The Balaban J connectivity index is 1.40. The Morgan fingerprint density at radius 1 is 1.11 bits per heavy atom. The molecule has 0 aromatic heterocycles. The van der Waals surface area contributed by atoms with Gasteiger partial charge >= 0.3 is 0 Å². The number of fused-ring (bicyclic) bond motifs is 1. The summed E-state index contributed by atoms with van der Waals surface area (Å²) in [6.07, 6.45) is 9.33. The summed E-state index contributed by atoms with van der Waals surface area (Å²) in [6, 6.07) is 10.8. The van der Waals surface area contributed by atoms with Gasteiger partial charge in [-0.15, -0.1) is 0 Å². The molecule has 3 N–H and O–H groups in total. The second-order valence-electron chi connectivity index (χ2n) is 8.40. The van der Waals surface area contributed by atoms with Gasteiger partial charge in [0.1, 0.15) is 11.6 Å². The lowest BCUT2D eigenvalue weighted by Crippen LogP contribution is -2.10. The molecule has 2 aromatic rings. The molecule has 0 radical (unpaired) electrons. The highest BCUT2D eigenvalue weighted by Crippen LogP contribution is 2.37. The van der Waals surface area contributed by atoms with Crippen molar-refractivity contribution in [2.24, 2.45) is 5.92 Å². The molecular formula is C24H29FN2O. The molecule has 1 atom stereocenters. The number of aryl methyl sites for hydroxylation is 1. The van der Waals surface area contributed by atoms with E-state index in [9.17, 15) is 9.18 Å². The number of Topliss-reactive ketones (excluding diaryl/α,β-unsaturated/α-hetero) is 1. The maximum atomic E-state index is 13.1. The topological polar surface area (TPSA) is 55.1 Å². The number of hydrogen-bond acceptors (Lipinski definition) is 3. The molecule has 2 aliphatic rings. The van der Waals surface area contributed by atoms with Crippen LogP contribution in [0.5, 0.6) is 0 Å². The van der Waals surface area contributed by atoms with Crippen LogP contribution in [0.2, 0.25) is 0 Å². The van der Waals surface area contributed by atoms with E-state index in [1.165, 1.54) is 48.9 Å². The third-order valence-corrected chi connectivity index (χ3v) is 6.36. The van der Waals surface area contributed by atoms with Gasteiger partial charge in [-0.3, -0.25) is 4.79 Å². The van der Waals surface area contributed by atoms with Crippen LogP contribution in [0.25, 0.3) is 0 Å². The molecule has 28 heavy (non-hydrogen) atoms. The Kier molecular flexibility index (Phi) is 5.65. The number of nitrogens with one attached hydrogen (secondary N) is 1. The molecule has 0 amide bonds. The van der Waals surface area contributed by atoms with E-state index in [4.69, 9.17) is 5.73 Å². The number of anilines is 2. The lowest BCUT2D eigenvalue weighted by atomic mass is 9.95. The van der Waals surface area contributed by atoms with Gasteiger partial charge in [0.2, 0.25) is 0 Å². The molecule has 1 unspecified atom stereocenters. The summed E-state index contributed by atoms with van der Waals surface area (Å²) in [6.45, 7) is 0. The van der Waals surface area contributed by atoms with Crippen LogP contribution in [0.1, 0.15) is 67.7 Å². The van der Waals surface area contributed by atoms with Crippen molar-refractivity contribution in [1.82, 2.24) is 0 Å². The lowest BCUT2D eigenvalue weighted by molar-refractivity contribution is -0.118. The Morgan fingerprint density at radius 3 is 2.61 bits per heavy atom. The second kappa shape index (κ2) is 8.34. The highest BCUT2D eigenvalue weighted by Gasteiger charge is 2.24. The fraction of sp³-hybridized carbons (Fsp3) is 0.458. The molecule has 1 fully saturated rings. The number of carbonyl (C=O) groups is 1. The molecule has 0 aliphatic heterocycles. The summed E-state index contributed by atoms with van der Waals surface area (Å²) in [7, 11) is 0. The first kappa shape index (κ1) is 19.0. The van der Waals surface area contributed by atoms with Crippen molar-refractivity contribution in [3.63, 3.8) is 0 Å². The smallest absolute Gasteiger partial charge is 0.137 e. The predicted molar refractivity (Wildman–Crippen MR) is 112 cm³/mol. The fourth-order valence-corrected chi connectivity index (χ4v) is 4.74. The van der Waals surface area contributed by atoms with Gasteiger partial charge in [-0.25, -0.2) is 4.39 Å². The van der Waals surface area contributed by atoms with Crippen LogP contribution in [-0.4, -0.2) is 5.78 Å². The summed E-state index contributed by atoms with van der Waals surface area (Å²) in [5.74, 6) is 0.820. The van der Waals surface area contributed by atoms with Crippen molar-refractivity contribution in [3.05, 3.63) is 58.9 Å². The second-order valence-corrected chi connectivity index (χ2v) is 8.40. The SMILES string of the molecule is Nc1cc2c(cc1CC(=O)CCC1CCCC1)CCC2Nc1ccc(F)cc1. The van der Waals surface area contributed by atoms with Crippen LogP contribution in [0.4, 0.5) is 15.8 Å². The Morgan fingerprint density at radius 2 is 1.86 bits per heavy atom. The number of hydrogen-bond donors (Lipinski definition) is 2. The first-order valence-corrected chi connectivity index (χ1v) is 10.5. The maximum Gasteiger partial charge on any atom is 0.137 e. The average molecular weight is 381 g/mol. The summed E-state index contributed by atoms with van der Waals surface area (Å²) >= 11 is 0. The molecule has 3 nitrogen and oxygen atoms in total. The van der Waals surface area contributed by atoms with E-state index in [1.54, 1.807) is 12.1 Å². The van der Waals surface area contributed by atoms with Gasteiger partial charge < -0.3 is 11.1 Å². The van der Waals surface area contributed by atoms with Crippen LogP contribution in [-0.2, 0) is 17.6 Å². The monoisotopic (exact) mass is 380 g/mol. The molecular weight excluding hydrogens is 351 g/mol. The van der Waals surface area contributed by atoms with Crippen molar-refractivity contribution >= 4 is 17.2 Å². The van der Waals surface area contributed by atoms with E-state index >= 15 is 0 Å². The minimum absolute atomic E-state index is 0.176. The third-order valence-electron chi connectivity index (χ3n) is 6.36. The van der Waals surface area contributed by atoms with E-state index in [1.807, 2.05) is 6.07 Å². The minimum atomic E-state index is -0.233. The summed E-state index contributed by atoms with van der Waals surface area (Å²) in [5, 5.41) is 3.47. The number of rotatable bonds is 7. The van der Waals surface area contributed by atoms with Crippen LogP contribution in [0, 0.1) is 11.7 Å². The largest absolute Gasteiger partial charge is 0.398 e. The van der Waals surface area contributed by atoms with E-state index in [2.05, 4.69) is 11.4 Å². The molecule has 0 bridgehead atoms. The number of benzene rings is 2. The van der Waals surface area contributed by atoms with E-state index in [-0.39, 0.29) is 11.9 Å². The van der Waals surface area contributed by atoms with Gasteiger partial charge in [-0.05, 0) is 72.2 Å². The van der Waals surface area contributed by atoms with E-state index in [0.717, 1.165) is 36.4 Å². The van der Waals surface area contributed by atoms with Gasteiger partial charge in [0.15, 0.2) is 0 Å². The quantitative estimate of drug-likeness (QED) is 0.616. The summed E-state index contributed by atoms with van der Waals surface area (Å²) in [5.41, 5.74) is 11.4. The van der Waals surface area contributed by atoms with Crippen LogP contribution < -0.4 is 11.1 Å². The standard InChI is InChI=1S/C24H29FN2O/c25-19-7-9-20(10-8-19)27-24-12-6-17-13-18(23(26)15-22(17)24)14-21(28)11-5-16-3-1-2-4-16/h7-10,13,15-16,24,27H,1-6,11-12,14,26H2. The normalized spacial score (nSPS) is 19.0. The van der Waals surface area contributed by atoms with Gasteiger partial charge in [-0.2, -0.15) is 0 Å². The summed E-state index contributed by atoms with van der Waals surface area (Å²) < 4.78 is 13.1. The average Bonchev–Trinajstić information content (AvgIpc) is 3.33. The Hall–Kier alpha value is -2.36. The molecule has 1 saturated carbocycles. The molecule has 2 aliphatic carbocycles. The van der Waals surface area contributed by atoms with Gasteiger partial charge in [-0.1, -0.05) is 31.7 Å². The lowest BCUT2D eigenvalue weighted by Gasteiger charge is -2.17. The van der Waals surface area contributed by atoms with Crippen LogP contribution in [0.3, 0.4) is 0 Å². The van der Waals surface area contributed by atoms with Crippen molar-refractivity contribution in [2.75, 3.05) is 11.1 Å². The van der Waals surface area contributed by atoms with Crippen molar-refractivity contribution in [2.45, 2.75) is 63.8 Å². The van der Waals surface area contributed by atoms with Gasteiger partial charge in [0, 0.05) is 24.2 Å². The Bertz CT molecular complexity index is 840. The van der Waals surface area contributed by atoms with Gasteiger partial charge in [0.25, 0.3) is 0 Å². The van der Waals surface area contributed by atoms with Crippen molar-refractivity contribution < 1.29 is 9.18 Å². The number of carbonyl (C=O) groups excluding carboxylic acids is 1. The summed E-state index contributed by atoms with van der Waals surface area (Å²) in [4.78, 5) is 12.5. The van der Waals surface area contributed by atoms with Crippen molar-refractivity contribution in [1.29, 1.82) is 0 Å². The molecule has 2 aromatic carbocycles. The number of nitrogens with two attached hydrogens (primary N) is 1. The van der Waals surface area contributed by atoms with E-state index in [0.29, 0.717) is 24.3 Å². The van der Waals surface area contributed by atoms with Crippen LogP contribution >= 0.6 is 0 Å². The Labute approximate surface area is 166 Å². The molecule has 148 valence electrons. The number of nitrogen functional groups attached to an aromatic ring is 1. The fourth-order valence-electron chi connectivity index (χ4n) is 4.74. The molecule has 0 saturated heterocycles. The molecule has 4 rings (SSSR count). The zero-order valence-electron chi connectivity index (χ0n) is 16.3. The molecule has 0 heterocycles. The van der Waals surface area contributed by atoms with Crippen LogP contribution in [0.15, 0.2) is 36.4 Å². The highest BCUT2D eigenvalue weighted by atomic mass is 19.1. The number of ketones is 1. The minimum Gasteiger partial charge on any atom is -0.398 e. The maximum absolute atomic E-state index is 13.1. The number of halogens is 1. The molecule has 0 spiro atoms.